The van der Waals surface area contributed by atoms with Crippen LogP contribution < -0.4 is 10.6 Å². The van der Waals surface area contributed by atoms with Gasteiger partial charge in [-0.2, -0.15) is 0 Å². The number of ether oxygens (including phenoxy) is 1. The molecule has 0 aliphatic carbocycles. The molecule has 0 radical (unpaired) electrons. The van der Waals surface area contributed by atoms with Gasteiger partial charge in [0.2, 0.25) is 5.91 Å². The number of nitrogens with one attached hydrogen (secondary N) is 2. The Morgan fingerprint density at radius 3 is 2.44 bits per heavy atom. The van der Waals surface area contributed by atoms with E-state index in [0.29, 0.717) is 40.4 Å². The van der Waals surface area contributed by atoms with E-state index >= 15 is 0 Å². The third-order valence-corrected chi connectivity index (χ3v) is 4.24. The van der Waals surface area contributed by atoms with Crippen molar-refractivity contribution in [3.63, 3.8) is 0 Å². The fourth-order valence-corrected chi connectivity index (χ4v) is 2.60. The Hall–Kier alpha value is -2.86. The molecule has 0 bridgehead atoms. The fraction of sp³-hybridized carbons (Fsp3) is 0.250. The van der Waals surface area contributed by atoms with Crippen LogP contribution in [-0.4, -0.2) is 31.4 Å². The predicted molar refractivity (Wildman–Crippen MR) is 104 cm³/mol. The van der Waals surface area contributed by atoms with Gasteiger partial charge in [0.1, 0.15) is 0 Å². The second-order valence-corrected chi connectivity index (χ2v) is 6.32. The Morgan fingerprint density at radius 2 is 1.78 bits per heavy atom. The lowest BCUT2D eigenvalue weighted by atomic mass is 10.1. The van der Waals surface area contributed by atoms with Gasteiger partial charge in [-0.1, -0.05) is 17.7 Å². The van der Waals surface area contributed by atoms with Crippen molar-refractivity contribution in [2.45, 2.75) is 19.8 Å². The van der Waals surface area contributed by atoms with Crippen LogP contribution >= 0.6 is 11.6 Å². The van der Waals surface area contributed by atoms with E-state index in [1.165, 1.54) is 7.11 Å². The molecule has 0 atom stereocenters. The molecular formula is C20H21ClN2O4. The van der Waals surface area contributed by atoms with Gasteiger partial charge >= 0.3 is 5.97 Å². The average Bonchev–Trinajstić information content (AvgIpc) is 2.66. The van der Waals surface area contributed by atoms with Crippen LogP contribution in [0.5, 0.6) is 0 Å². The maximum Gasteiger partial charge on any atom is 0.338 e. The molecule has 0 saturated carbocycles. The third kappa shape index (κ3) is 5.82. The minimum Gasteiger partial charge on any atom is -0.465 e. The molecular weight excluding hydrogens is 368 g/mol. The van der Waals surface area contributed by atoms with E-state index in [2.05, 4.69) is 10.6 Å². The maximum atomic E-state index is 12.1. The molecule has 2 N–H and O–H groups in total. The molecule has 0 saturated heterocycles. The van der Waals surface area contributed by atoms with Crippen molar-refractivity contribution in [1.82, 2.24) is 5.32 Å². The summed E-state index contributed by atoms with van der Waals surface area (Å²) >= 11 is 5.79. The molecule has 142 valence electrons. The summed E-state index contributed by atoms with van der Waals surface area (Å²) in [5.41, 5.74) is 2.13. The molecule has 2 rings (SSSR count). The summed E-state index contributed by atoms with van der Waals surface area (Å²) < 4.78 is 4.72. The van der Waals surface area contributed by atoms with Crippen LogP contribution in [0.15, 0.2) is 42.5 Å². The number of benzene rings is 2. The van der Waals surface area contributed by atoms with Gasteiger partial charge in [0.25, 0.3) is 5.91 Å². The van der Waals surface area contributed by atoms with E-state index in [1.54, 1.807) is 49.4 Å². The lowest BCUT2D eigenvalue weighted by Gasteiger charge is -2.11. The fourth-order valence-electron chi connectivity index (χ4n) is 2.47. The van der Waals surface area contributed by atoms with Gasteiger partial charge in [0, 0.05) is 29.2 Å². The third-order valence-electron chi connectivity index (χ3n) is 3.99. The van der Waals surface area contributed by atoms with Gasteiger partial charge in [-0.25, -0.2) is 4.79 Å². The lowest BCUT2D eigenvalue weighted by molar-refractivity contribution is -0.116. The largest absolute Gasteiger partial charge is 0.465 e. The summed E-state index contributed by atoms with van der Waals surface area (Å²) in [5.74, 6) is -0.858. The second-order valence-electron chi connectivity index (χ2n) is 5.88. The normalized spacial score (nSPS) is 10.2. The summed E-state index contributed by atoms with van der Waals surface area (Å²) in [4.78, 5) is 35.8. The van der Waals surface area contributed by atoms with E-state index in [9.17, 15) is 14.4 Å². The molecule has 0 heterocycles. The molecule has 0 aliphatic rings. The van der Waals surface area contributed by atoms with E-state index in [0.717, 1.165) is 0 Å². The molecule has 2 aromatic rings. The number of hydrogen-bond donors (Lipinski definition) is 2. The van der Waals surface area contributed by atoms with Crippen LogP contribution in [0.2, 0.25) is 5.02 Å². The van der Waals surface area contributed by atoms with Crippen LogP contribution in [0.3, 0.4) is 0 Å². The van der Waals surface area contributed by atoms with Crippen molar-refractivity contribution in [3.8, 4) is 0 Å². The van der Waals surface area contributed by atoms with Crippen molar-refractivity contribution in [1.29, 1.82) is 0 Å². The number of esters is 1. The number of halogens is 1. The molecule has 0 aromatic heterocycles. The van der Waals surface area contributed by atoms with Crippen molar-refractivity contribution >= 4 is 35.1 Å². The van der Waals surface area contributed by atoms with Crippen LogP contribution in [-0.2, 0) is 9.53 Å². The summed E-state index contributed by atoms with van der Waals surface area (Å²) in [7, 11) is 1.31. The Morgan fingerprint density at radius 1 is 1.07 bits per heavy atom. The van der Waals surface area contributed by atoms with Crippen molar-refractivity contribution in [3.05, 3.63) is 64.2 Å². The zero-order valence-corrected chi connectivity index (χ0v) is 15.9. The highest BCUT2D eigenvalue weighted by Crippen LogP contribution is 2.20. The topological polar surface area (TPSA) is 84.5 Å². The summed E-state index contributed by atoms with van der Waals surface area (Å²) in [6.45, 7) is 2.12. The molecule has 6 nitrogen and oxygen atoms in total. The second kappa shape index (κ2) is 9.73. The molecule has 0 aliphatic heterocycles. The first-order valence-electron chi connectivity index (χ1n) is 8.44. The number of carbonyl (C=O) groups excluding carboxylic acids is 3. The Kier molecular flexibility index (Phi) is 7.37. The molecule has 2 amide bonds. The van der Waals surface area contributed by atoms with E-state index in [1.807, 2.05) is 0 Å². The maximum absolute atomic E-state index is 12.1. The Labute approximate surface area is 162 Å². The monoisotopic (exact) mass is 388 g/mol. The van der Waals surface area contributed by atoms with Gasteiger partial charge in [0.05, 0.1) is 12.7 Å². The van der Waals surface area contributed by atoms with Gasteiger partial charge in [-0.3, -0.25) is 9.59 Å². The number of carbonyl (C=O) groups is 3. The predicted octanol–water partition coefficient (Wildman–Crippen LogP) is 3.58. The molecule has 7 heteroatoms. The van der Waals surface area contributed by atoms with Gasteiger partial charge in [-0.05, 0) is 55.3 Å². The SMILES string of the molecule is COC(=O)c1cccc(NC(=O)CCCNC(=O)c2ccc(Cl)cc2)c1C. The molecule has 0 fully saturated rings. The smallest absolute Gasteiger partial charge is 0.338 e. The van der Waals surface area contributed by atoms with Gasteiger partial charge < -0.3 is 15.4 Å². The van der Waals surface area contributed by atoms with Crippen LogP contribution in [0.4, 0.5) is 5.69 Å². The van der Waals surface area contributed by atoms with E-state index < -0.39 is 5.97 Å². The van der Waals surface area contributed by atoms with Crippen molar-refractivity contribution < 1.29 is 19.1 Å². The van der Waals surface area contributed by atoms with E-state index in [-0.39, 0.29) is 18.2 Å². The van der Waals surface area contributed by atoms with Gasteiger partial charge in [0.15, 0.2) is 0 Å². The van der Waals surface area contributed by atoms with Crippen molar-refractivity contribution in [2.75, 3.05) is 19.0 Å². The Bertz CT molecular complexity index is 834. The lowest BCUT2D eigenvalue weighted by Crippen LogP contribution is -2.25. The quantitative estimate of drug-likeness (QED) is 0.560. The minimum absolute atomic E-state index is 0.194. The van der Waals surface area contributed by atoms with Crippen LogP contribution in [0.25, 0.3) is 0 Å². The zero-order valence-electron chi connectivity index (χ0n) is 15.2. The number of hydrogen-bond acceptors (Lipinski definition) is 4. The summed E-state index contributed by atoms with van der Waals surface area (Å²) in [6, 6.07) is 11.6. The summed E-state index contributed by atoms with van der Waals surface area (Å²) in [6.07, 6.45) is 0.726. The highest BCUT2D eigenvalue weighted by molar-refractivity contribution is 6.30. The standard InChI is InChI=1S/C20H21ClN2O4/c1-13-16(20(26)27-2)5-3-6-17(13)23-18(24)7-4-12-22-19(25)14-8-10-15(21)11-9-14/h3,5-6,8-11H,4,7,12H2,1-2H3,(H,22,25)(H,23,24). The molecule has 2 aromatic carbocycles. The minimum atomic E-state index is -0.450. The number of amides is 2. The van der Waals surface area contributed by atoms with Crippen LogP contribution in [0.1, 0.15) is 39.1 Å². The highest BCUT2D eigenvalue weighted by Gasteiger charge is 2.13. The first-order chi connectivity index (χ1) is 12.9. The average molecular weight is 389 g/mol. The first kappa shape index (κ1) is 20.5. The molecule has 27 heavy (non-hydrogen) atoms. The first-order valence-corrected chi connectivity index (χ1v) is 8.81. The summed E-state index contributed by atoms with van der Waals surface area (Å²) in [5, 5.41) is 6.10. The number of anilines is 1. The number of rotatable bonds is 7. The van der Waals surface area contributed by atoms with Crippen molar-refractivity contribution in [2.24, 2.45) is 0 Å². The molecule has 0 unspecified atom stereocenters. The zero-order chi connectivity index (χ0) is 19.8. The molecule has 0 spiro atoms. The highest BCUT2D eigenvalue weighted by atomic mass is 35.5. The number of methoxy groups -OCH3 is 1. The Balaban J connectivity index is 1.80. The van der Waals surface area contributed by atoms with Gasteiger partial charge in [-0.15, -0.1) is 0 Å². The van der Waals surface area contributed by atoms with Crippen LogP contribution in [0, 0.1) is 6.92 Å². The van der Waals surface area contributed by atoms with E-state index in [4.69, 9.17) is 16.3 Å².